The molecule has 19 heavy (non-hydrogen) atoms. The smallest absolute Gasteiger partial charge is 0.337 e. The molecule has 0 unspecified atom stereocenters. The van der Waals surface area contributed by atoms with Gasteiger partial charge >= 0.3 is 5.97 Å². The van der Waals surface area contributed by atoms with Crippen LogP contribution in [0, 0.1) is 10.1 Å². The number of anilines is 1. The Morgan fingerprint density at radius 3 is 2.74 bits per heavy atom. The molecule has 1 aromatic rings. The number of nitro benzene ring substituents is 1. The number of ether oxygens (including phenoxy) is 1. The van der Waals surface area contributed by atoms with Crippen LogP contribution in [0.4, 0.5) is 11.4 Å². The summed E-state index contributed by atoms with van der Waals surface area (Å²) in [7, 11) is 1.27. The Morgan fingerprint density at radius 2 is 2.26 bits per heavy atom. The maximum absolute atomic E-state index is 11.5. The van der Waals surface area contributed by atoms with Gasteiger partial charge < -0.3 is 9.64 Å². The quantitative estimate of drug-likeness (QED) is 0.341. The molecule has 0 aliphatic heterocycles. The highest BCUT2D eigenvalue weighted by Crippen LogP contribution is 2.29. The van der Waals surface area contributed by atoms with Crippen molar-refractivity contribution < 1.29 is 14.5 Å². The lowest BCUT2D eigenvalue weighted by molar-refractivity contribution is -0.384. The van der Waals surface area contributed by atoms with Crippen molar-refractivity contribution in [2.24, 2.45) is 0 Å². The van der Waals surface area contributed by atoms with Gasteiger partial charge in [-0.15, -0.1) is 6.58 Å². The molecule has 0 fully saturated rings. The van der Waals surface area contributed by atoms with Crippen LogP contribution in [0.15, 0.2) is 30.9 Å². The normalized spacial score (nSPS) is 9.79. The zero-order chi connectivity index (χ0) is 14.4. The molecule has 1 aromatic carbocycles. The highest BCUT2D eigenvalue weighted by atomic mass is 16.6. The molecule has 0 spiro atoms. The third-order valence-corrected chi connectivity index (χ3v) is 2.67. The van der Waals surface area contributed by atoms with Gasteiger partial charge in [-0.2, -0.15) is 0 Å². The molecule has 0 aliphatic carbocycles. The van der Waals surface area contributed by atoms with E-state index < -0.39 is 10.9 Å². The SMILES string of the molecule is C=CCN(CC)c1cc(C(=O)OC)ccc1[N+](=O)[O-]. The molecule has 0 bridgehead atoms. The van der Waals surface area contributed by atoms with Gasteiger partial charge in [0.15, 0.2) is 0 Å². The van der Waals surface area contributed by atoms with Crippen LogP contribution >= 0.6 is 0 Å². The van der Waals surface area contributed by atoms with E-state index in [1.165, 1.54) is 25.3 Å². The molecule has 6 heteroatoms. The van der Waals surface area contributed by atoms with Crippen LogP contribution in [-0.2, 0) is 4.74 Å². The number of hydrogen-bond acceptors (Lipinski definition) is 5. The van der Waals surface area contributed by atoms with E-state index in [0.29, 0.717) is 18.8 Å². The van der Waals surface area contributed by atoms with Gasteiger partial charge in [-0.3, -0.25) is 10.1 Å². The van der Waals surface area contributed by atoms with Crippen molar-refractivity contribution in [3.8, 4) is 0 Å². The van der Waals surface area contributed by atoms with Crippen LogP contribution < -0.4 is 4.90 Å². The van der Waals surface area contributed by atoms with E-state index in [9.17, 15) is 14.9 Å². The second-order valence-corrected chi connectivity index (χ2v) is 3.78. The molecule has 6 nitrogen and oxygen atoms in total. The monoisotopic (exact) mass is 264 g/mol. The highest BCUT2D eigenvalue weighted by molar-refractivity contribution is 5.91. The number of esters is 1. The Bertz CT molecular complexity index is 499. The molecular weight excluding hydrogens is 248 g/mol. The summed E-state index contributed by atoms with van der Waals surface area (Å²) in [5, 5.41) is 11.0. The van der Waals surface area contributed by atoms with Crippen molar-refractivity contribution in [2.75, 3.05) is 25.1 Å². The molecule has 102 valence electrons. The average molecular weight is 264 g/mol. The summed E-state index contributed by atoms with van der Waals surface area (Å²) in [5.41, 5.74) is 0.622. The minimum Gasteiger partial charge on any atom is -0.465 e. The van der Waals surface area contributed by atoms with Crippen molar-refractivity contribution in [1.29, 1.82) is 0 Å². The molecule has 0 heterocycles. The van der Waals surface area contributed by atoms with E-state index >= 15 is 0 Å². The number of nitro groups is 1. The predicted molar refractivity (Wildman–Crippen MR) is 72.5 cm³/mol. The Hall–Kier alpha value is -2.37. The zero-order valence-electron chi connectivity index (χ0n) is 11.0. The summed E-state index contributed by atoms with van der Waals surface area (Å²) in [4.78, 5) is 23.8. The van der Waals surface area contributed by atoms with Crippen molar-refractivity contribution in [2.45, 2.75) is 6.92 Å². The standard InChI is InChI=1S/C13H16N2O4/c1-4-8-14(5-2)12-9-10(13(16)19-3)6-7-11(12)15(17)18/h4,6-7,9H,1,5,8H2,2-3H3. The molecule has 0 N–H and O–H groups in total. The van der Waals surface area contributed by atoms with E-state index in [0.717, 1.165) is 0 Å². The minimum atomic E-state index is -0.522. The summed E-state index contributed by atoms with van der Waals surface area (Å²) in [6.07, 6.45) is 1.65. The maximum atomic E-state index is 11.5. The first-order valence-electron chi connectivity index (χ1n) is 5.77. The summed E-state index contributed by atoms with van der Waals surface area (Å²) < 4.78 is 4.62. The van der Waals surface area contributed by atoms with Gasteiger partial charge in [0.25, 0.3) is 5.69 Å². The van der Waals surface area contributed by atoms with Crippen molar-refractivity contribution >= 4 is 17.3 Å². The van der Waals surface area contributed by atoms with Gasteiger partial charge in [-0.05, 0) is 19.1 Å². The van der Waals surface area contributed by atoms with E-state index in [1.54, 1.807) is 11.0 Å². The third kappa shape index (κ3) is 3.31. The van der Waals surface area contributed by atoms with Gasteiger partial charge in [0.1, 0.15) is 5.69 Å². The van der Waals surface area contributed by atoms with Gasteiger partial charge in [-0.1, -0.05) is 6.08 Å². The number of benzene rings is 1. The number of rotatable bonds is 6. The second kappa shape index (κ2) is 6.53. The lowest BCUT2D eigenvalue weighted by Crippen LogP contribution is -2.23. The topological polar surface area (TPSA) is 72.7 Å². The van der Waals surface area contributed by atoms with Crippen molar-refractivity contribution in [3.05, 3.63) is 46.5 Å². The Morgan fingerprint density at radius 1 is 1.58 bits per heavy atom. The van der Waals surface area contributed by atoms with Crippen LogP contribution in [0.1, 0.15) is 17.3 Å². The minimum absolute atomic E-state index is 0.0450. The van der Waals surface area contributed by atoms with E-state index in [4.69, 9.17) is 0 Å². The Balaban J connectivity index is 3.32. The summed E-state index contributed by atoms with van der Waals surface area (Å²) in [6.45, 7) is 6.52. The second-order valence-electron chi connectivity index (χ2n) is 3.78. The fourth-order valence-electron chi connectivity index (χ4n) is 1.73. The first kappa shape index (κ1) is 14.7. The first-order valence-corrected chi connectivity index (χ1v) is 5.77. The van der Waals surface area contributed by atoms with Crippen LogP contribution in [0.5, 0.6) is 0 Å². The molecule has 0 amide bonds. The van der Waals surface area contributed by atoms with E-state index in [-0.39, 0.29) is 11.3 Å². The number of nitrogens with zero attached hydrogens (tertiary/aromatic N) is 2. The fourth-order valence-corrected chi connectivity index (χ4v) is 1.73. The molecule has 1 rings (SSSR count). The van der Waals surface area contributed by atoms with E-state index in [1.807, 2.05) is 6.92 Å². The fraction of sp³-hybridized carbons (Fsp3) is 0.308. The van der Waals surface area contributed by atoms with E-state index in [2.05, 4.69) is 11.3 Å². The van der Waals surface area contributed by atoms with Gasteiger partial charge in [-0.25, -0.2) is 4.79 Å². The number of carbonyl (C=O) groups excluding carboxylic acids is 1. The van der Waals surface area contributed by atoms with Crippen LogP contribution in [0.25, 0.3) is 0 Å². The van der Waals surface area contributed by atoms with Crippen molar-refractivity contribution in [1.82, 2.24) is 0 Å². The van der Waals surface area contributed by atoms with Gasteiger partial charge in [0, 0.05) is 19.2 Å². The van der Waals surface area contributed by atoms with Crippen molar-refractivity contribution in [3.63, 3.8) is 0 Å². The molecule has 0 atom stereocenters. The summed E-state index contributed by atoms with van der Waals surface area (Å²) in [6, 6.07) is 4.17. The highest BCUT2D eigenvalue weighted by Gasteiger charge is 2.20. The maximum Gasteiger partial charge on any atom is 0.337 e. The third-order valence-electron chi connectivity index (χ3n) is 2.67. The molecule has 0 aliphatic rings. The summed E-state index contributed by atoms with van der Waals surface area (Å²) >= 11 is 0. The van der Waals surface area contributed by atoms with Gasteiger partial charge in [0.05, 0.1) is 17.6 Å². The zero-order valence-corrected chi connectivity index (χ0v) is 11.0. The lowest BCUT2D eigenvalue weighted by atomic mass is 10.1. The molecule has 0 radical (unpaired) electrons. The Labute approximate surface area is 111 Å². The largest absolute Gasteiger partial charge is 0.465 e. The Kier molecular flexibility index (Phi) is 5.05. The first-order chi connectivity index (χ1) is 9.04. The molecular formula is C13H16N2O4. The van der Waals surface area contributed by atoms with Gasteiger partial charge in [0.2, 0.25) is 0 Å². The number of carbonyl (C=O) groups is 1. The number of likely N-dealkylation sites (N-methyl/N-ethyl adjacent to an activating group) is 1. The molecule has 0 aromatic heterocycles. The number of methoxy groups -OCH3 is 1. The molecule has 0 saturated carbocycles. The lowest BCUT2D eigenvalue weighted by Gasteiger charge is -2.21. The number of hydrogen-bond donors (Lipinski definition) is 0. The van der Waals surface area contributed by atoms with Crippen LogP contribution in [0.3, 0.4) is 0 Å². The molecule has 0 saturated heterocycles. The van der Waals surface area contributed by atoms with Crippen LogP contribution in [-0.4, -0.2) is 31.1 Å². The van der Waals surface area contributed by atoms with Crippen LogP contribution in [0.2, 0.25) is 0 Å². The summed E-state index contributed by atoms with van der Waals surface area (Å²) in [5.74, 6) is -0.522. The average Bonchev–Trinajstić information content (AvgIpc) is 2.43. The predicted octanol–water partition coefficient (Wildman–Crippen LogP) is 2.39.